The van der Waals surface area contributed by atoms with Crippen LogP contribution in [0.15, 0.2) is 30.3 Å². The van der Waals surface area contributed by atoms with Crippen molar-refractivity contribution in [3.63, 3.8) is 0 Å². The van der Waals surface area contributed by atoms with Crippen molar-refractivity contribution < 1.29 is 13.2 Å². The molecule has 7 heteroatoms. The molecule has 0 unspecified atom stereocenters. The number of nitrogens with one attached hydrogen (secondary N) is 1. The van der Waals surface area contributed by atoms with Crippen LogP contribution < -0.4 is 5.32 Å². The van der Waals surface area contributed by atoms with Gasteiger partial charge in [-0.25, -0.2) is 12.7 Å². The Morgan fingerprint density at radius 3 is 2.14 bits per heavy atom. The third-order valence-electron chi connectivity index (χ3n) is 6.08. The summed E-state index contributed by atoms with van der Waals surface area (Å²) in [5.41, 5.74) is 0.289. The first-order valence-corrected chi connectivity index (χ1v) is 12.3. The molecule has 0 aromatic heterocycles. The standard InChI is InChI=1S/C22H37N3O3S/c1-6-29(27,28)24-15-12-22(13-16-24,20-10-8-7-9-11-20)21(26)23-14-17-25(18(2)3)19(4)5/h7-11,18-19H,6,12-17H2,1-5H3,(H,23,26). The van der Waals surface area contributed by atoms with E-state index in [4.69, 9.17) is 0 Å². The van der Waals surface area contributed by atoms with E-state index >= 15 is 0 Å². The Hall–Kier alpha value is -1.44. The molecular weight excluding hydrogens is 386 g/mol. The minimum absolute atomic E-state index is 0.00436. The Labute approximate surface area is 176 Å². The van der Waals surface area contributed by atoms with Crippen LogP contribution in [0.25, 0.3) is 0 Å². The van der Waals surface area contributed by atoms with Gasteiger partial charge in [-0.05, 0) is 53.0 Å². The number of hydrogen-bond donors (Lipinski definition) is 1. The number of amides is 1. The molecule has 164 valence electrons. The summed E-state index contributed by atoms with van der Waals surface area (Å²) >= 11 is 0. The van der Waals surface area contributed by atoms with Crippen LogP contribution in [0.5, 0.6) is 0 Å². The smallest absolute Gasteiger partial charge is 0.230 e. The Bertz CT molecular complexity index is 747. The normalized spacial score (nSPS) is 17.8. The summed E-state index contributed by atoms with van der Waals surface area (Å²) in [7, 11) is -3.23. The van der Waals surface area contributed by atoms with Crippen molar-refractivity contribution in [2.45, 2.75) is 65.0 Å². The van der Waals surface area contributed by atoms with Gasteiger partial charge in [0.2, 0.25) is 15.9 Å². The Morgan fingerprint density at radius 1 is 1.10 bits per heavy atom. The first-order valence-electron chi connectivity index (χ1n) is 10.7. The van der Waals surface area contributed by atoms with Crippen LogP contribution in [-0.2, 0) is 20.2 Å². The van der Waals surface area contributed by atoms with Gasteiger partial charge in [0.05, 0.1) is 11.2 Å². The van der Waals surface area contributed by atoms with Gasteiger partial charge < -0.3 is 5.32 Å². The van der Waals surface area contributed by atoms with Gasteiger partial charge in [-0.2, -0.15) is 0 Å². The monoisotopic (exact) mass is 423 g/mol. The van der Waals surface area contributed by atoms with Crippen LogP contribution in [-0.4, -0.2) is 67.5 Å². The molecule has 0 aliphatic carbocycles. The van der Waals surface area contributed by atoms with E-state index in [-0.39, 0.29) is 11.7 Å². The number of rotatable bonds is 9. The maximum Gasteiger partial charge on any atom is 0.230 e. The van der Waals surface area contributed by atoms with Crippen LogP contribution in [0, 0.1) is 0 Å². The zero-order valence-electron chi connectivity index (χ0n) is 18.5. The molecule has 0 bridgehead atoms. The molecule has 6 nitrogen and oxygen atoms in total. The highest BCUT2D eigenvalue weighted by Crippen LogP contribution is 2.36. The van der Waals surface area contributed by atoms with Gasteiger partial charge in [0.15, 0.2) is 0 Å². The summed E-state index contributed by atoms with van der Waals surface area (Å²) in [6.45, 7) is 12.5. The van der Waals surface area contributed by atoms with E-state index in [0.717, 1.165) is 12.1 Å². The van der Waals surface area contributed by atoms with Crippen molar-refractivity contribution in [3.8, 4) is 0 Å². The Morgan fingerprint density at radius 2 is 1.66 bits per heavy atom. The molecule has 1 N–H and O–H groups in total. The summed E-state index contributed by atoms with van der Waals surface area (Å²) in [6, 6.07) is 10.6. The van der Waals surface area contributed by atoms with Crippen LogP contribution in [0.3, 0.4) is 0 Å². The summed E-state index contributed by atoms with van der Waals surface area (Å²) < 4.78 is 26.1. The fraction of sp³-hybridized carbons (Fsp3) is 0.682. The minimum atomic E-state index is -3.23. The van der Waals surface area contributed by atoms with E-state index in [0.29, 0.717) is 44.6 Å². The molecule has 0 radical (unpaired) electrons. The van der Waals surface area contributed by atoms with Gasteiger partial charge in [0.1, 0.15) is 0 Å². The molecule has 0 saturated carbocycles. The fourth-order valence-corrected chi connectivity index (χ4v) is 5.42. The summed E-state index contributed by atoms with van der Waals surface area (Å²) in [4.78, 5) is 15.7. The van der Waals surface area contributed by atoms with E-state index in [1.54, 1.807) is 6.92 Å². The van der Waals surface area contributed by atoms with Gasteiger partial charge >= 0.3 is 0 Å². The van der Waals surface area contributed by atoms with Gasteiger partial charge in [0, 0.05) is 38.3 Å². The summed E-state index contributed by atoms with van der Waals surface area (Å²) in [6.07, 6.45) is 1.00. The molecule has 1 amide bonds. The maximum atomic E-state index is 13.4. The summed E-state index contributed by atoms with van der Waals surface area (Å²) in [5.74, 6) is 0.0994. The van der Waals surface area contributed by atoms with Crippen LogP contribution in [0.4, 0.5) is 0 Å². The van der Waals surface area contributed by atoms with Crippen LogP contribution >= 0.6 is 0 Å². The summed E-state index contributed by atoms with van der Waals surface area (Å²) in [5, 5.41) is 3.15. The van der Waals surface area contributed by atoms with Crippen molar-refractivity contribution in [2.24, 2.45) is 0 Å². The second-order valence-electron chi connectivity index (χ2n) is 8.43. The predicted octanol–water partition coefficient (Wildman–Crippen LogP) is 2.60. The fourth-order valence-electron chi connectivity index (χ4n) is 4.31. The third kappa shape index (κ3) is 5.58. The highest BCUT2D eigenvalue weighted by atomic mass is 32.2. The number of carbonyl (C=O) groups is 1. The number of hydrogen-bond acceptors (Lipinski definition) is 4. The number of benzene rings is 1. The topological polar surface area (TPSA) is 69.7 Å². The number of piperidine rings is 1. The first kappa shape index (κ1) is 23.8. The van der Waals surface area contributed by atoms with Gasteiger partial charge in [-0.1, -0.05) is 30.3 Å². The SMILES string of the molecule is CCS(=O)(=O)N1CCC(C(=O)NCCN(C(C)C)C(C)C)(c2ccccc2)CC1. The highest BCUT2D eigenvalue weighted by molar-refractivity contribution is 7.89. The van der Waals surface area contributed by atoms with E-state index in [2.05, 4.69) is 37.9 Å². The van der Waals surface area contributed by atoms with Crippen molar-refractivity contribution in [1.29, 1.82) is 0 Å². The third-order valence-corrected chi connectivity index (χ3v) is 7.96. The van der Waals surface area contributed by atoms with Crippen molar-refractivity contribution in [2.75, 3.05) is 31.9 Å². The molecular formula is C22H37N3O3S. The van der Waals surface area contributed by atoms with Crippen molar-refractivity contribution in [3.05, 3.63) is 35.9 Å². The molecule has 1 fully saturated rings. The predicted molar refractivity (Wildman–Crippen MR) is 118 cm³/mol. The largest absolute Gasteiger partial charge is 0.354 e. The molecule has 0 atom stereocenters. The lowest BCUT2D eigenvalue weighted by Crippen LogP contribution is -2.54. The van der Waals surface area contributed by atoms with Crippen molar-refractivity contribution in [1.82, 2.24) is 14.5 Å². The lowest BCUT2D eigenvalue weighted by molar-refractivity contribution is -0.128. The lowest BCUT2D eigenvalue weighted by Gasteiger charge is -2.40. The van der Waals surface area contributed by atoms with Crippen molar-refractivity contribution >= 4 is 15.9 Å². The zero-order chi connectivity index (χ0) is 21.7. The Kier molecular flexibility index (Phi) is 8.26. The molecule has 1 aromatic carbocycles. The average Bonchev–Trinajstić information content (AvgIpc) is 2.71. The molecule has 1 saturated heterocycles. The van der Waals surface area contributed by atoms with E-state index in [1.165, 1.54) is 4.31 Å². The van der Waals surface area contributed by atoms with E-state index < -0.39 is 15.4 Å². The quantitative estimate of drug-likeness (QED) is 0.663. The second-order valence-corrected chi connectivity index (χ2v) is 10.7. The van der Waals surface area contributed by atoms with E-state index in [9.17, 15) is 13.2 Å². The molecule has 1 aromatic rings. The zero-order valence-corrected chi connectivity index (χ0v) is 19.3. The molecule has 1 heterocycles. The average molecular weight is 424 g/mol. The van der Waals surface area contributed by atoms with Crippen LogP contribution in [0.2, 0.25) is 0 Å². The molecule has 29 heavy (non-hydrogen) atoms. The second kappa shape index (κ2) is 10.0. The number of nitrogens with zero attached hydrogens (tertiary/aromatic N) is 2. The number of carbonyl (C=O) groups excluding carboxylic acids is 1. The van der Waals surface area contributed by atoms with Crippen LogP contribution in [0.1, 0.15) is 53.0 Å². The minimum Gasteiger partial charge on any atom is -0.354 e. The van der Waals surface area contributed by atoms with E-state index in [1.807, 2.05) is 30.3 Å². The maximum absolute atomic E-state index is 13.4. The lowest BCUT2D eigenvalue weighted by atomic mass is 9.72. The van der Waals surface area contributed by atoms with Gasteiger partial charge in [-0.3, -0.25) is 9.69 Å². The molecule has 2 rings (SSSR count). The number of sulfonamides is 1. The Balaban J connectivity index is 2.15. The molecule has 1 aliphatic heterocycles. The van der Waals surface area contributed by atoms with Gasteiger partial charge in [-0.15, -0.1) is 0 Å². The highest BCUT2D eigenvalue weighted by Gasteiger charge is 2.44. The molecule has 0 spiro atoms. The first-order chi connectivity index (χ1) is 13.6. The molecule has 1 aliphatic rings. The van der Waals surface area contributed by atoms with Gasteiger partial charge in [0.25, 0.3) is 0 Å².